The zero-order valence-corrected chi connectivity index (χ0v) is 48.1. The van der Waals surface area contributed by atoms with Gasteiger partial charge in [0.15, 0.2) is 46.6 Å². The number of H-pyrrole nitrogens is 4. The van der Waals surface area contributed by atoms with Gasteiger partial charge >= 0.3 is 17.1 Å². The van der Waals surface area contributed by atoms with Crippen LogP contribution in [-0.4, -0.2) is 106 Å². The second-order valence-corrected chi connectivity index (χ2v) is 23.5. The Hall–Kier alpha value is -11.2. The van der Waals surface area contributed by atoms with Gasteiger partial charge in [0.2, 0.25) is 0 Å². The van der Waals surface area contributed by atoms with Crippen LogP contribution in [0.25, 0.3) is 179 Å². The van der Waals surface area contributed by atoms with E-state index in [0.717, 1.165) is 54.9 Å². The minimum atomic E-state index is -4.87. The van der Waals surface area contributed by atoms with Crippen LogP contribution in [0.5, 0.6) is 0 Å². The standard InChI is InChI=1S/2C32H18N8O3S.Mn/c2*41-44(42,43)23-15-7-14-22-24(23)32-39-30-21-13-6-5-12-20(21)28(37-30)35-26-17-9-2-1-8-16(17)25(33-26)34-27-18-10-3-4-11-19(18)29(36-27)38-31(22)40-32;/h2*1-15H,(H,41,42,43)(H2,33,34,35,36,37,38,39,40);/q;;+2/p-2. The molecule has 18 rings (SSSR count). The Morgan fingerprint density at radius 2 is 0.427 bits per heavy atom. The van der Waals surface area contributed by atoms with Gasteiger partial charge in [0.25, 0.3) is 0 Å². The van der Waals surface area contributed by atoms with Crippen LogP contribution in [-0.2, 0) is 37.3 Å². The first-order valence-corrected chi connectivity index (χ1v) is 30.0. The van der Waals surface area contributed by atoms with Gasteiger partial charge in [-0.05, 0) is 12.1 Å². The molecule has 0 saturated heterocycles. The van der Waals surface area contributed by atoms with Crippen LogP contribution in [0.3, 0.4) is 0 Å². The van der Waals surface area contributed by atoms with Gasteiger partial charge in [-0.15, -0.1) is 0 Å². The maximum Gasteiger partial charge on any atom is 2.00 e. The molecule has 0 fully saturated rings. The van der Waals surface area contributed by atoms with E-state index < -0.39 is 30.0 Å². The van der Waals surface area contributed by atoms with E-state index in [4.69, 9.17) is 59.8 Å². The molecule has 1 radical (unpaired) electrons. The predicted molar refractivity (Wildman–Crippen MR) is 328 cm³/mol. The number of aromatic nitrogens is 16. The molecule has 8 aromatic carbocycles. The molecule has 22 nitrogen and oxygen atoms in total. The summed E-state index contributed by atoms with van der Waals surface area (Å²) in [6.07, 6.45) is 0. The van der Waals surface area contributed by atoms with Crippen molar-refractivity contribution in [3.05, 3.63) is 182 Å². The largest absolute Gasteiger partial charge is 2.00 e. The summed E-state index contributed by atoms with van der Waals surface area (Å²) in [4.78, 5) is 70.4. The van der Waals surface area contributed by atoms with Crippen LogP contribution in [0.1, 0.15) is 0 Å². The van der Waals surface area contributed by atoms with Crippen LogP contribution >= 0.6 is 0 Å². The number of rotatable bonds is 2. The molecule has 4 aliphatic heterocycles. The van der Waals surface area contributed by atoms with E-state index in [1.165, 1.54) is 24.3 Å². The predicted octanol–water partition coefficient (Wildman–Crippen LogP) is 11.5. The van der Waals surface area contributed by atoms with Gasteiger partial charge in [-0.1, -0.05) is 170 Å². The Kier molecular flexibility index (Phi) is 11.9. The first-order chi connectivity index (χ1) is 42.8. The molecule has 89 heavy (non-hydrogen) atoms. The third-order valence-corrected chi connectivity index (χ3v) is 17.4. The smallest absolute Gasteiger partial charge is 0.744 e. The molecule has 6 aromatic heterocycles. The molecule has 0 unspecified atom stereocenters. The van der Waals surface area contributed by atoms with E-state index in [2.05, 4.69) is 19.9 Å². The minimum absolute atomic E-state index is 0. The quantitative estimate of drug-likeness (QED) is 0.0922. The van der Waals surface area contributed by atoms with Crippen LogP contribution < -0.4 is 0 Å². The first-order valence-electron chi connectivity index (χ1n) is 27.2. The van der Waals surface area contributed by atoms with Crippen molar-refractivity contribution in [1.29, 1.82) is 0 Å². The van der Waals surface area contributed by atoms with Crippen LogP contribution in [0.15, 0.2) is 192 Å². The summed E-state index contributed by atoms with van der Waals surface area (Å²) in [6.45, 7) is 0. The molecule has 0 amide bonds. The molecule has 4 aliphatic rings. The summed E-state index contributed by atoms with van der Waals surface area (Å²) < 4.78 is 74.5. The molecule has 25 heteroatoms. The molecular formula is C64H34MnN16O6S2. The number of nitrogens with one attached hydrogen (secondary N) is 4. The van der Waals surface area contributed by atoms with Gasteiger partial charge in [0, 0.05) is 87.6 Å². The van der Waals surface area contributed by atoms with Crippen LogP contribution in [0, 0.1) is 0 Å². The Bertz CT molecular complexity index is 5690. The van der Waals surface area contributed by atoms with E-state index in [9.17, 15) is 25.9 Å². The van der Waals surface area contributed by atoms with Gasteiger partial charge < -0.3 is 29.0 Å². The van der Waals surface area contributed by atoms with Gasteiger partial charge in [-0.2, -0.15) is 0 Å². The summed E-state index contributed by atoms with van der Waals surface area (Å²) in [5, 5.41) is 4.49. The van der Waals surface area contributed by atoms with E-state index in [1.807, 2.05) is 146 Å². The summed E-state index contributed by atoms with van der Waals surface area (Å²) >= 11 is 0. The van der Waals surface area contributed by atoms with E-state index in [0.29, 0.717) is 102 Å². The van der Waals surface area contributed by atoms with Crippen molar-refractivity contribution in [2.45, 2.75) is 9.79 Å². The van der Waals surface area contributed by atoms with Gasteiger partial charge in [0.05, 0.1) is 9.79 Å². The SMILES string of the molecule is O=S(=O)([O-])c1cccc2c3nc4nc(nc5[nH]c(nc6nc(nc([nH]3)c12)-c1ccccc1-6)c1ccccc51)-c1ccccc1-4.O=S(=O)([O-])c1cccc2c3nc4nc(nc5[nH]c(nc6nc(nc([nH]3)c12)-c1ccccc1-6)c1ccccc51)-c1ccccc1-4.[Mn+2]. The zero-order chi connectivity index (χ0) is 59.2. The normalized spacial score (nSPS) is 12.2. The summed E-state index contributed by atoms with van der Waals surface area (Å²) in [5.74, 6) is 3.09. The molecule has 4 N–H and O–H groups in total. The minimum Gasteiger partial charge on any atom is -0.744 e. The van der Waals surface area contributed by atoms with Crippen LogP contribution in [0.2, 0.25) is 0 Å². The molecule has 0 atom stereocenters. The summed E-state index contributed by atoms with van der Waals surface area (Å²) in [7, 11) is -9.73. The summed E-state index contributed by atoms with van der Waals surface area (Å²) in [5.41, 5.74) is 9.09. The number of hydrogen-bond acceptors (Lipinski definition) is 18. The second-order valence-electron chi connectivity index (χ2n) is 20.8. The Morgan fingerprint density at radius 3 is 0.663 bits per heavy atom. The van der Waals surface area contributed by atoms with Crippen molar-refractivity contribution >= 4 is 109 Å². The van der Waals surface area contributed by atoms with Crippen molar-refractivity contribution in [2.24, 2.45) is 0 Å². The van der Waals surface area contributed by atoms with Crippen molar-refractivity contribution < 1.29 is 43.0 Å². The van der Waals surface area contributed by atoms with Gasteiger partial charge in [0.1, 0.15) is 65.4 Å². The Morgan fingerprint density at radius 1 is 0.236 bits per heavy atom. The molecule has 0 saturated carbocycles. The van der Waals surface area contributed by atoms with Crippen molar-refractivity contribution in [3.63, 3.8) is 0 Å². The van der Waals surface area contributed by atoms with E-state index in [-0.39, 0.29) is 39.1 Å². The molecule has 0 aliphatic carbocycles. The topological polar surface area (TPSA) is 332 Å². The maximum absolute atomic E-state index is 12.4. The van der Waals surface area contributed by atoms with Crippen molar-refractivity contribution in [1.82, 2.24) is 79.7 Å². The first kappa shape index (κ1) is 53.3. The van der Waals surface area contributed by atoms with Crippen molar-refractivity contribution in [3.8, 4) is 91.1 Å². The molecule has 16 bridgehead atoms. The molecular weight excluding hydrogens is 1210 g/mol. The average Bonchev–Trinajstić information content (AvgIpc) is 1.68. The zero-order valence-electron chi connectivity index (χ0n) is 45.3. The average molecular weight is 1240 g/mol. The number of nitrogens with zero attached hydrogens (tertiary/aromatic N) is 12. The number of benzene rings is 8. The third-order valence-electron chi connectivity index (χ3n) is 15.6. The number of fused-ring (bicyclic) bond motifs is 40. The van der Waals surface area contributed by atoms with Gasteiger partial charge in [-0.3, -0.25) is 0 Å². The van der Waals surface area contributed by atoms with Crippen LogP contribution in [0.4, 0.5) is 0 Å². The van der Waals surface area contributed by atoms with E-state index in [1.54, 1.807) is 12.1 Å². The second kappa shape index (κ2) is 19.9. The Labute approximate surface area is 511 Å². The molecule has 0 spiro atoms. The number of aromatic amines is 4. The van der Waals surface area contributed by atoms with E-state index >= 15 is 0 Å². The molecule has 10 heterocycles. The van der Waals surface area contributed by atoms with Gasteiger partial charge in [-0.25, -0.2) is 76.6 Å². The van der Waals surface area contributed by atoms with Crippen molar-refractivity contribution in [2.75, 3.05) is 0 Å². The monoisotopic (exact) mass is 1240 g/mol. The fourth-order valence-corrected chi connectivity index (χ4v) is 13.1. The maximum atomic E-state index is 12.4. The fraction of sp³-hybridized carbons (Fsp3) is 0. The molecule has 14 aromatic rings. The Balaban J connectivity index is 0.000000141. The summed E-state index contributed by atoms with van der Waals surface area (Å²) in [6, 6.07) is 54.7. The number of hydrogen-bond donors (Lipinski definition) is 4. The third kappa shape index (κ3) is 8.66. The fourth-order valence-electron chi connectivity index (χ4n) is 11.7. The molecule has 425 valence electrons.